The highest BCUT2D eigenvalue weighted by Crippen LogP contribution is 2.39. The summed E-state index contributed by atoms with van der Waals surface area (Å²) in [6, 6.07) is 3.25. The van der Waals surface area contributed by atoms with Crippen LogP contribution in [0.5, 0.6) is 17.2 Å². The van der Waals surface area contributed by atoms with Crippen LogP contribution < -0.4 is 19.9 Å². The Labute approximate surface area is 127 Å². The topological polar surface area (TPSA) is 70.8 Å². The molecule has 0 atom stereocenters. The SMILES string of the molecule is COc1cc(C(=O)c2c(C)csc2N)cc(OC)c1OC. The number of carbonyl (C=O) groups is 1. The zero-order valence-electron chi connectivity index (χ0n) is 12.4. The summed E-state index contributed by atoms with van der Waals surface area (Å²) >= 11 is 1.35. The highest BCUT2D eigenvalue weighted by Gasteiger charge is 2.21. The second kappa shape index (κ2) is 6.05. The molecule has 2 aromatic rings. The zero-order valence-corrected chi connectivity index (χ0v) is 13.2. The van der Waals surface area contributed by atoms with E-state index in [0.29, 0.717) is 33.4 Å². The molecular formula is C15H17NO4S. The minimum absolute atomic E-state index is 0.162. The minimum atomic E-state index is -0.162. The van der Waals surface area contributed by atoms with Gasteiger partial charge < -0.3 is 19.9 Å². The molecule has 0 saturated carbocycles. The third-order valence-electron chi connectivity index (χ3n) is 3.16. The van der Waals surface area contributed by atoms with Gasteiger partial charge in [0.05, 0.1) is 31.9 Å². The van der Waals surface area contributed by atoms with Gasteiger partial charge in [-0.2, -0.15) is 0 Å². The number of nitrogen functional groups attached to an aromatic ring is 1. The maximum atomic E-state index is 12.7. The molecule has 0 radical (unpaired) electrons. The average Bonchev–Trinajstić information content (AvgIpc) is 2.83. The maximum absolute atomic E-state index is 12.7. The first-order chi connectivity index (χ1) is 10.0. The van der Waals surface area contributed by atoms with E-state index in [1.54, 1.807) is 12.1 Å². The number of ketones is 1. The predicted octanol–water partition coefficient (Wildman–Crippen LogP) is 2.90. The molecule has 112 valence electrons. The molecule has 1 heterocycles. The second-order valence-corrected chi connectivity index (χ2v) is 5.31. The molecule has 0 saturated heterocycles. The molecular weight excluding hydrogens is 290 g/mol. The molecule has 5 nitrogen and oxygen atoms in total. The van der Waals surface area contributed by atoms with Crippen molar-refractivity contribution in [2.45, 2.75) is 6.92 Å². The lowest BCUT2D eigenvalue weighted by atomic mass is 10.0. The van der Waals surface area contributed by atoms with Crippen molar-refractivity contribution in [3.8, 4) is 17.2 Å². The number of hydrogen-bond acceptors (Lipinski definition) is 6. The molecule has 0 aliphatic heterocycles. The van der Waals surface area contributed by atoms with Crippen molar-refractivity contribution in [3.05, 3.63) is 34.2 Å². The van der Waals surface area contributed by atoms with E-state index in [1.165, 1.54) is 32.7 Å². The molecule has 2 rings (SSSR count). The van der Waals surface area contributed by atoms with E-state index in [9.17, 15) is 4.79 Å². The minimum Gasteiger partial charge on any atom is -0.493 e. The van der Waals surface area contributed by atoms with Gasteiger partial charge in [0, 0.05) is 5.56 Å². The van der Waals surface area contributed by atoms with Gasteiger partial charge in [-0.3, -0.25) is 4.79 Å². The van der Waals surface area contributed by atoms with Gasteiger partial charge >= 0.3 is 0 Å². The first-order valence-electron chi connectivity index (χ1n) is 6.21. The Hall–Kier alpha value is -2.21. The molecule has 0 aliphatic rings. The Kier molecular flexibility index (Phi) is 4.37. The normalized spacial score (nSPS) is 10.3. The number of methoxy groups -OCH3 is 3. The lowest BCUT2D eigenvalue weighted by Gasteiger charge is -2.13. The summed E-state index contributed by atoms with van der Waals surface area (Å²) in [5.74, 6) is 1.16. The smallest absolute Gasteiger partial charge is 0.203 e. The number of benzene rings is 1. The van der Waals surface area contributed by atoms with Crippen molar-refractivity contribution in [1.29, 1.82) is 0 Å². The predicted molar refractivity (Wildman–Crippen MR) is 83.0 cm³/mol. The van der Waals surface area contributed by atoms with Crippen molar-refractivity contribution in [1.82, 2.24) is 0 Å². The van der Waals surface area contributed by atoms with Gasteiger partial charge in [0.15, 0.2) is 17.3 Å². The number of nitrogens with two attached hydrogens (primary N) is 1. The molecule has 6 heteroatoms. The quantitative estimate of drug-likeness (QED) is 0.860. The fraction of sp³-hybridized carbons (Fsp3) is 0.267. The number of aryl methyl sites for hydroxylation is 1. The van der Waals surface area contributed by atoms with Crippen LogP contribution >= 0.6 is 11.3 Å². The number of anilines is 1. The summed E-state index contributed by atoms with van der Waals surface area (Å²) in [4.78, 5) is 12.7. The number of rotatable bonds is 5. The second-order valence-electron chi connectivity index (χ2n) is 4.40. The number of carbonyl (C=O) groups excluding carboxylic acids is 1. The van der Waals surface area contributed by atoms with Crippen molar-refractivity contribution in [2.75, 3.05) is 27.1 Å². The van der Waals surface area contributed by atoms with Crippen LogP contribution in [0.1, 0.15) is 21.5 Å². The fourth-order valence-corrected chi connectivity index (χ4v) is 2.90. The van der Waals surface area contributed by atoms with Crippen LogP contribution in [0, 0.1) is 6.92 Å². The van der Waals surface area contributed by atoms with E-state index in [-0.39, 0.29) is 5.78 Å². The summed E-state index contributed by atoms with van der Waals surface area (Å²) in [6.07, 6.45) is 0. The molecule has 0 unspecified atom stereocenters. The van der Waals surface area contributed by atoms with Crippen molar-refractivity contribution in [3.63, 3.8) is 0 Å². The van der Waals surface area contributed by atoms with E-state index in [2.05, 4.69) is 0 Å². The highest BCUT2D eigenvalue weighted by molar-refractivity contribution is 7.14. The number of ether oxygens (including phenoxy) is 3. The van der Waals surface area contributed by atoms with Crippen LogP contribution in [0.2, 0.25) is 0 Å². The van der Waals surface area contributed by atoms with Crippen molar-refractivity contribution >= 4 is 22.1 Å². The summed E-state index contributed by atoms with van der Waals surface area (Å²) in [5, 5.41) is 2.37. The Balaban J connectivity index is 2.57. The average molecular weight is 307 g/mol. The van der Waals surface area contributed by atoms with Crippen molar-refractivity contribution < 1.29 is 19.0 Å². The molecule has 0 amide bonds. The summed E-state index contributed by atoms with van der Waals surface area (Å²) < 4.78 is 15.8. The molecule has 0 bridgehead atoms. The van der Waals surface area contributed by atoms with Gasteiger partial charge in [-0.05, 0) is 30.0 Å². The summed E-state index contributed by atoms with van der Waals surface area (Å²) in [6.45, 7) is 1.86. The number of thiophene rings is 1. The van der Waals surface area contributed by atoms with E-state index in [4.69, 9.17) is 19.9 Å². The highest BCUT2D eigenvalue weighted by atomic mass is 32.1. The van der Waals surface area contributed by atoms with Crippen molar-refractivity contribution in [2.24, 2.45) is 0 Å². The van der Waals surface area contributed by atoms with E-state index in [0.717, 1.165) is 5.56 Å². The van der Waals surface area contributed by atoms with Crippen LogP contribution in [0.25, 0.3) is 0 Å². The summed E-state index contributed by atoms with van der Waals surface area (Å²) in [5.41, 5.74) is 7.71. The lowest BCUT2D eigenvalue weighted by molar-refractivity contribution is 0.103. The zero-order chi connectivity index (χ0) is 15.6. The van der Waals surface area contributed by atoms with Gasteiger partial charge in [0.25, 0.3) is 0 Å². The molecule has 2 N–H and O–H groups in total. The fourth-order valence-electron chi connectivity index (χ4n) is 2.11. The van der Waals surface area contributed by atoms with E-state index < -0.39 is 0 Å². The van der Waals surface area contributed by atoms with Crippen LogP contribution in [0.4, 0.5) is 5.00 Å². The largest absolute Gasteiger partial charge is 0.493 e. The third-order valence-corrected chi connectivity index (χ3v) is 4.09. The standard InChI is InChI=1S/C15H17NO4S/c1-8-7-21-15(16)12(8)13(17)9-5-10(18-2)14(20-4)11(6-9)19-3/h5-7H,16H2,1-4H3. The van der Waals surface area contributed by atoms with E-state index in [1.807, 2.05) is 12.3 Å². The van der Waals surface area contributed by atoms with Gasteiger partial charge in [-0.15, -0.1) is 11.3 Å². The Morgan fingerprint density at radius 3 is 2.05 bits per heavy atom. The van der Waals surface area contributed by atoms with Crippen LogP contribution in [0.15, 0.2) is 17.5 Å². The lowest BCUT2D eigenvalue weighted by Crippen LogP contribution is -2.06. The van der Waals surface area contributed by atoms with Gasteiger partial charge in [-0.25, -0.2) is 0 Å². The molecule has 1 aromatic heterocycles. The monoisotopic (exact) mass is 307 g/mol. The molecule has 21 heavy (non-hydrogen) atoms. The van der Waals surface area contributed by atoms with Crippen LogP contribution in [-0.4, -0.2) is 27.1 Å². The Bertz CT molecular complexity index is 634. The maximum Gasteiger partial charge on any atom is 0.203 e. The van der Waals surface area contributed by atoms with Gasteiger partial charge in [0.1, 0.15) is 0 Å². The third kappa shape index (κ3) is 2.67. The van der Waals surface area contributed by atoms with E-state index >= 15 is 0 Å². The van der Waals surface area contributed by atoms with Gasteiger partial charge in [-0.1, -0.05) is 0 Å². The first kappa shape index (κ1) is 15.2. The number of hydrogen-bond donors (Lipinski definition) is 1. The van der Waals surface area contributed by atoms with Crippen LogP contribution in [-0.2, 0) is 0 Å². The summed E-state index contributed by atoms with van der Waals surface area (Å²) in [7, 11) is 4.54. The van der Waals surface area contributed by atoms with Crippen LogP contribution in [0.3, 0.4) is 0 Å². The van der Waals surface area contributed by atoms with Gasteiger partial charge in [0.2, 0.25) is 5.75 Å². The molecule has 1 aromatic carbocycles. The molecule has 0 aliphatic carbocycles. The first-order valence-corrected chi connectivity index (χ1v) is 7.09. The Morgan fingerprint density at radius 1 is 1.10 bits per heavy atom. The molecule has 0 fully saturated rings. The Morgan fingerprint density at radius 2 is 1.67 bits per heavy atom. The molecule has 0 spiro atoms.